The fourth-order valence-electron chi connectivity index (χ4n) is 3.60. The Morgan fingerprint density at radius 3 is 2.92 bits per heavy atom. The number of hydrogen-bond donors (Lipinski definition) is 1. The number of ether oxygens (including phenoxy) is 1. The van der Waals surface area contributed by atoms with Gasteiger partial charge in [-0.15, -0.1) is 0 Å². The summed E-state index contributed by atoms with van der Waals surface area (Å²) < 4.78 is 47.3. The minimum atomic E-state index is -3.69. The molecule has 1 fully saturated rings. The van der Waals surface area contributed by atoms with E-state index in [1.165, 1.54) is 16.4 Å². The molecule has 1 unspecified atom stereocenters. The number of nitrogens with one attached hydrogen (secondary N) is 1. The first-order valence-corrected chi connectivity index (χ1v) is 10.2. The van der Waals surface area contributed by atoms with Gasteiger partial charge in [-0.25, -0.2) is 12.8 Å². The second-order valence-corrected chi connectivity index (χ2v) is 8.50. The quantitative estimate of drug-likeness (QED) is 0.894. The molecule has 2 heterocycles. The van der Waals surface area contributed by atoms with Gasteiger partial charge in [0, 0.05) is 19.6 Å². The van der Waals surface area contributed by atoms with E-state index in [4.69, 9.17) is 4.74 Å². The summed E-state index contributed by atoms with van der Waals surface area (Å²) in [5.41, 5.74) is 1.58. The average molecular weight is 376 g/mol. The van der Waals surface area contributed by atoms with Gasteiger partial charge in [-0.05, 0) is 54.3 Å². The molecule has 1 atom stereocenters. The van der Waals surface area contributed by atoms with Crippen LogP contribution in [0.25, 0.3) is 0 Å². The number of fused-ring (bicyclic) bond motifs is 1. The van der Waals surface area contributed by atoms with E-state index in [1.54, 1.807) is 30.3 Å². The third kappa shape index (κ3) is 3.22. The minimum Gasteiger partial charge on any atom is -0.493 e. The normalized spacial score (nSPS) is 21.0. The Kier molecular flexibility index (Phi) is 4.69. The topological polar surface area (TPSA) is 58.6 Å². The van der Waals surface area contributed by atoms with Crippen molar-refractivity contribution in [3.63, 3.8) is 0 Å². The lowest BCUT2D eigenvalue weighted by Crippen LogP contribution is -2.48. The maximum atomic E-state index is 13.7. The fraction of sp³-hybridized carbons (Fsp3) is 0.368. The predicted molar refractivity (Wildman–Crippen MR) is 96.2 cm³/mol. The van der Waals surface area contributed by atoms with Crippen molar-refractivity contribution < 1.29 is 17.5 Å². The molecule has 0 saturated carbocycles. The first-order chi connectivity index (χ1) is 12.6. The summed E-state index contributed by atoms with van der Waals surface area (Å²) in [7, 11) is -3.69. The monoisotopic (exact) mass is 376 g/mol. The lowest BCUT2D eigenvalue weighted by atomic mass is 10.1. The number of benzene rings is 2. The van der Waals surface area contributed by atoms with Crippen LogP contribution in [0.1, 0.15) is 23.6 Å². The molecule has 5 nitrogen and oxygen atoms in total. The lowest BCUT2D eigenvalue weighted by molar-refractivity contribution is 0.270. The third-order valence-corrected chi connectivity index (χ3v) is 6.82. The Labute approximate surface area is 152 Å². The van der Waals surface area contributed by atoms with Crippen molar-refractivity contribution in [2.24, 2.45) is 0 Å². The van der Waals surface area contributed by atoms with Crippen molar-refractivity contribution in [2.75, 3.05) is 26.2 Å². The molecule has 0 aromatic heterocycles. The molecule has 0 radical (unpaired) electrons. The van der Waals surface area contributed by atoms with E-state index in [2.05, 4.69) is 5.32 Å². The molecule has 2 aliphatic heterocycles. The summed E-state index contributed by atoms with van der Waals surface area (Å²) in [4.78, 5) is 0.269. The number of rotatable bonds is 3. The predicted octanol–water partition coefficient (Wildman–Crippen LogP) is 2.49. The van der Waals surface area contributed by atoms with Gasteiger partial charge >= 0.3 is 0 Å². The van der Waals surface area contributed by atoms with E-state index in [0.29, 0.717) is 31.8 Å². The van der Waals surface area contributed by atoms with Crippen LogP contribution in [0.5, 0.6) is 5.75 Å². The summed E-state index contributed by atoms with van der Waals surface area (Å²) in [5.74, 6) is 0.397. The number of aryl methyl sites for hydroxylation is 1. The van der Waals surface area contributed by atoms with Gasteiger partial charge in [0.05, 0.1) is 17.5 Å². The molecule has 138 valence electrons. The number of sulfonamides is 1. The van der Waals surface area contributed by atoms with Crippen molar-refractivity contribution in [2.45, 2.75) is 23.8 Å². The zero-order valence-electron chi connectivity index (χ0n) is 14.3. The van der Waals surface area contributed by atoms with Gasteiger partial charge in [0.2, 0.25) is 10.0 Å². The maximum absolute atomic E-state index is 13.7. The SMILES string of the molecule is O=S(=O)(c1ccc2c(c1)CCCO2)N1CCNCC1c1cccc(F)c1. The van der Waals surface area contributed by atoms with E-state index in [-0.39, 0.29) is 10.7 Å². The van der Waals surface area contributed by atoms with E-state index in [1.807, 2.05) is 0 Å². The Morgan fingerprint density at radius 1 is 1.19 bits per heavy atom. The van der Waals surface area contributed by atoms with Crippen LogP contribution in [0.4, 0.5) is 4.39 Å². The van der Waals surface area contributed by atoms with Crippen LogP contribution >= 0.6 is 0 Å². The zero-order chi connectivity index (χ0) is 18.1. The molecule has 2 aliphatic rings. The third-order valence-electron chi connectivity index (χ3n) is 4.91. The molecule has 2 aromatic rings. The lowest BCUT2D eigenvalue weighted by Gasteiger charge is -2.35. The summed E-state index contributed by atoms with van der Waals surface area (Å²) in [5, 5.41) is 3.21. The van der Waals surface area contributed by atoms with Crippen molar-refractivity contribution >= 4 is 10.0 Å². The van der Waals surface area contributed by atoms with E-state index in [0.717, 1.165) is 24.2 Å². The molecule has 1 saturated heterocycles. The van der Waals surface area contributed by atoms with Gasteiger partial charge in [0.1, 0.15) is 11.6 Å². The van der Waals surface area contributed by atoms with Gasteiger partial charge in [-0.2, -0.15) is 4.31 Å². The second kappa shape index (κ2) is 6.98. The average Bonchev–Trinajstić information content (AvgIpc) is 2.67. The van der Waals surface area contributed by atoms with Crippen LogP contribution in [-0.4, -0.2) is 39.0 Å². The van der Waals surface area contributed by atoms with Crippen LogP contribution in [0, 0.1) is 5.82 Å². The molecule has 0 amide bonds. The summed E-state index contributed by atoms with van der Waals surface area (Å²) in [6.07, 6.45) is 1.70. The van der Waals surface area contributed by atoms with Gasteiger partial charge in [-0.3, -0.25) is 0 Å². The summed E-state index contributed by atoms with van der Waals surface area (Å²) in [6.45, 7) is 2.03. The fourth-order valence-corrected chi connectivity index (χ4v) is 5.27. The van der Waals surface area contributed by atoms with E-state index in [9.17, 15) is 12.8 Å². The molecule has 0 aliphatic carbocycles. The van der Waals surface area contributed by atoms with Gasteiger partial charge < -0.3 is 10.1 Å². The van der Waals surface area contributed by atoms with Crippen molar-refractivity contribution in [3.05, 3.63) is 59.4 Å². The first-order valence-electron chi connectivity index (χ1n) is 8.79. The van der Waals surface area contributed by atoms with E-state index < -0.39 is 16.1 Å². The Hall–Kier alpha value is -1.96. The van der Waals surface area contributed by atoms with Crippen molar-refractivity contribution in [1.82, 2.24) is 9.62 Å². The Balaban J connectivity index is 1.71. The second-order valence-electron chi connectivity index (χ2n) is 6.61. The largest absolute Gasteiger partial charge is 0.493 e. The molecular formula is C19H21FN2O3S. The number of halogens is 1. The minimum absolute atomic E-state index is 0.269. The maximum Gasteiger partial charge on any atom is 0.243 e. The molecule has 0 spiro atoms. The molecule has 0 bridgehead atoms. The molecule has 26 heavy (non-hydrogen) atoms. The van der Waals surface area contributed by atoms with Crippen LogP contribution in [0.3, 0.4) is 0 Å². The van der Waals surface area contributed by atoms with Crippen LogP contribution in [0.2, 0.25) is 0 Å². The molecule has 2 aromatic carbocycles. The Morgan fingerprint density at radius 2 is 2.08 bits per heavy atom. The first kappa shape index (κ1) is 17.5. The van der Waals surface area contributed by atoms with Gasteiger partial charge in [0.25, 0.3) is 0 Å². The van der Waals surface area contributed by atoms with Crippen LogP contribution in [0.15, 0.2) is 47.4 Å². The van der Waals surface area contributed by atoms with Crippen LogP contribution < -0.4 is 10.1 Å². The highest BCUT2D eigenvalue weighted by atomic mass is 32.2. The molecule has 7 heteroatoms. The number of piperazine rings is 1. The molecule has 1 N–H and O–H groups in total. The van der Waals surface area contributed by atoms with Gasteiger partial charge in [0.15, 0.2) is 0 Å². The van der Waals surface area contributed by atoms with Crippen LogP contribution in [-0.2, 0) is 16.4 Å². The highest BCUT2D eigenvalue weighted by Crippen LogP contribution is 2.32. The molecular weight excluding hydrogens is 355 g/mol. The number of nitrogens with zero attached hydrogens (tertiary/aromatic N) is 1. The molecule has 4 rings (SSSR count). The Bertz CT molecular complexity index is 917. The zero-order valence-corrected chi connectivity index (χ0v) is 15.1. The van der Waals surface area contributed by atoms with Crippen molar-refractivity contribution in [3.8, 4) is 5.75 Å². The highest BCUT2D eigenvalue weighted by Gasteiger charge is 2.35. The smallest absolute Gasteiger partial charge is 0.243 e. The summed E-state index contributed by atoms with van der Waals surface area (Å²) in [6, 6.07) is 10.8. The summed E-state index contributed by atoms with van der Waals surface area (Å²) >= 11 is 0. The highest BCUT2D eigenvalue weighted by molar-refractivity contribution is 7.89. The van der Waals surface area contributed by atoms with Gasteiger partial charge in [-0.1, -0.05) is 12.1 Å². The number of hydrogen-bond acceptors (Lipinski definition) is 4. The van der Waals surface area contributed by atoms with E-state index >= 15 is 0 Å². The van der Waals surface area contributed by atoms with Crippen molar-refractivity contribution in [1.29, 1.82) is 0 Å². The standard InChI is InChI=1S/C19H21FN2O3S/c20-16-5-1-3-14(11-16)18-13-21-8-9-22(18)26(23,24)17-6-7-19-15(12-17)4-2-10-25-19/h1,3,5-7,11-12,18,21H,2,4,8-10,13H2.